The Morgan fingerprint density at radius 2 is 1.90 bits per heavy atom. The van der Waals surface area contributed by atoms with Gasteiger partial charge in [0.1, 0.15) is 0 Å². The van der Waals surface area contributed by atoms with Gasteiger partial charge < -0.3 is 11.1 Å². The Hall–Kier alpha value is -2.39. The van der Waals surface area contributed by atoms with Crippen LogP contribution in [0.2, 0.25) is 0 Å². The molecule has 3 aromatic rings. The Morgan fingerprint density at radius 3 is 2.81 bits per heavy atom. The number of aryl methyl sites for hydroxylation is 1. The van der Waals surface area contributed by atoms with Crippen LogP contribution in [-0.4, -0.2) is 11.5 Å². The van der Waals surface area contributed by atoms with Crippen molar-refractivity contribution in [3.63, 3.8) is 0 Å². The van der Waals surface area contributed by atoms with Crippen LogP contribution in [0.15, 0.2) is 60.8 Å². The number of hydrogen-bond acceptors (Lipinski definition) is 3. The number of nitrogens with zero attached hydrogens (tertiary/aromatic N) is 1. The van der Waals surface area contributed by atoms with Crippen molar-refractivity contribution < 1.29 is 0 Å². The highest BCUT2D eigenvalue weighted by atomic mass is 14.9. The molecular weight excluding hydrogens is 258 g/mol. The maximum Gasteiger partial charge on any atom is 0.0722 e. The molecule has 2 aromatic carbocycles. The zero-order chi connectivity index (χ0) is 14.5. The molecule has 3 heteroatoms. The largest absolute Gasteiger partial charge is 0.355 e. The maximum atomic E-state index is 5.58. The number of benzene rings is 2. The van der Waals surface area contributed by atoms with E-state index in [1.165, 1.54) is 5.56 Å². The van der Waals surface area contributed by atoms with Gasteiger partial charge in [0.05, 0.1) is 5.52 Å². The fourth-order valence-corrected chi connectivity index (χ4v) is 2.47. The van der Waals surface area contributed by atoms with E-state index < -0.39 is 0 Å². The average Bonchev–Trinajstić information content (AvgIpc) is 2.54. The average molecular weight is 277 g/mol. The van der Waals surface area contributed by atoms with E-state index in [4.69, 9.17) is 5.73 Å². The van der Waals surface area contributed by atoms with Gasteiger partial charge in [0.15, 0.2) is 0 Å². The van der Waals surface area contributed by atoms with Gasteiger partial charge in [0.2, 0.25) is 0 Å². The van der Waals surface area contributed by atoms with Crippen molar-refractivity contribution in [2.45, 2.75) is 12.8 Å². The van der Waals surface area contributed by atoms with Crippen LogP contribution in [0.25, 0.3) is 10.9 Å². The summed E-state index contributed by atoms with van der Waals surface area (Å²) in [5.74, 6) is 0. The third kappa shape index (κ3) is 3.20. The Bertz CT molecular complexity index is 732. The molecule has 21 heavy (non-hydrogen) atoms. The highest BCUT2D eigenvalue weighted by Crippen LogP contribution is 2.25. The van der Waals surface area contributed by atoms with E-state index in [1.54, 1.807) is 0 Å². The van der Waals surface area contributed by atoms with Crippen molar-refractivity contribution in [1.82, 2.24) is 4.98 Å². The minimum absolute atomic E-state index is 0.729. The summed E-state index contributed by atoms with van der Waals surface area (Å²) in [7, 11) is 0. The first-order chi connectivity index (χ1) is 10.4. The lowest BCUT2D eigenvalue weighted by Gasteiger charge is -2.10. The molecule has 3 rings (SSSR count). The van der Waals surface area contributed by atoms with Gasteiger partial charge in [-0.2, -0.15) is 0 Å². The Kier molecular flexibility index (Phi) is 4.12. The molecule has 0 amide bonds. The molecule has 0 aliphatic heterocycles. The number of anilines is 2. The second-order valence-electron chi connectivity index (χ2n) is 5.09. The third-order valence-corrected chi connectivity index (χ3v) is 3.52. The van der Waals surface area contributed by atoms with E-state index in [9.17, 15) is 0 Å². The standard InChI is InChI=1S/C18H19N3/c19-11-4-6-14-5-3-7-15(13-14)21-18-10-12-20-17-9-2-1-8-16(17)18/h1-3,5,7-10,12-13H,4,6,11,19H2,(H,20,21). The summed E-state index contributed by atoms with van der Waals surface area (Å²) in [6.45, 7) is 0.729. The number of para-hydroxylation sites is 1. The zero-order valence-corrected chi connectivity index (χ0v) is 11.9. The summed E-state index contributed by atoms with van der Waals surface area (Å²) in [5, 5.41) is 4.62. The van der Waals surface area contributed by atoms with Gasteiger partial charge in [-0.3, -0.25) is 4.98 Å². The maximum absolute atomic E-state index is 5.58. The van der Waals surface area contributed by atoms with Crippen molar-refractivity contribution in [2.75, 3.05) is 11.9 Å². The summed E-state index contributed by atoms with van der Waals surface area (Å²) >= 11 is 0. The van der Waals surface area contributed by atoms with E-state index in [0.717, 1.165) is 41.7 Å². The molecule has 0 spiro atoms. The number of aromatic nitrogens is 1. The third-order valence-electron chi connectivity index (χ3n) is 3.52. The summed E-state index contributed by atoms with van der Waals surface area (Å²) in [6, 6.07) is 18.7. The van der Waals surface area contributed by atoms with Crippen LogP contribution in [0.4, 0.5) is 11.4 Å². The topological polar surface area (TPSA) is 50.9 Å². The van der Waals surface area contributed by atoms with Gasteiger partial charge in [-0.25, -0.2) is 0 Å². The van der Waals surface area contributed by atoms with Crippen LogP contribution in [0.3, 0.4) is 0 Å². The Balaban J connectivity index is 1.88. The van der Waals surface area contributed by atoms with E-state index in [-0.39, 0.29) is 0 Å². The van der Waals surface area contributed by atoms with Gasteiger partial charge in [0, 0.05) is 23.0 Å². The predicted molar refractivity (Wildman–Crippen MR) is 88.8 cm³/mol. The van der Waals surface area contributed by atoms with Crippen molar-refractivity contribution in [2.24, 2.45) is 5.73 Å². The predicted octanol–water partition coefficient (Wildman–Crippen LogP) is 3.87. The van der Waals surface area contributed by atoms with Crippen molar-refractivity contribution in [3.8, 4) is 0 Å². The molecule has 0 saturated heterocycles. The highest BCUT2D eigenvalue weighted by Gasteiger charge is 2.02. The number of nitrogens with two attached hydrogens (primary N) is 1. The fraction of sp³-hybridized carbons (Fsp3) is 0.167. The molecule has 1 aromatic heterocycles. The van der Waals surface area contributed by atoms with Crippen LogP contribution >= 0.6 is 0 Å². The molecule has 0 radical (unpaired) electrons. The summed E-state index contributed by atoms with van der Waals surface area (Å²) in [5.41, 5.74) is 10.1. The number of fused-ring (bicyclic) bond motifs is 1. The van der Waals surface area contributed by atoms with E-state index in [2.05, 4.69) is 40.6 Å². The van der Waals surface area contributed by atoms with Crippen molar-refractivity contribution >= 4 is 22.3 Å². The Labute approximate surface area is 124 Å². The van der Waals surface area contributed by atoms with Gasteiger partial charge in [-0.1, -0.05) is 30.3 Å². The lowest BCUT2D eigenvalue weighted by atomic mass is 10.1. The molecule has 0 unspecified atom stereocenters. The van der Waals surface area contributed by atoms with Crippen LogP contribution in [0.1, 0.15) is 12.0 Å². The molecule has 0 fully saturated rings. The lowest BCUT2D eigenvalue weighted by molar-refractivity contribution is 0.833. The molecule has 106 valence electrons. The number of pyridine rings is 1. The van der Waals surface area contributed by atoms with Crippen LogP contribution in [0.5, 0.6) is 0 Å². The van der Waals surface area contributed by atoms with Gasteiger partial charge in [-0.05, 0) is 49.2 Å². The zero-order valence-electron chi connectivity index (χ0n) is 11.9. The van der Waals surface area contributed by atoms with Crippen LogP contribution in [0, 0.1) is 0 Å². The number of hydrogen-bond donors (Lipinski definition) is 2. The van der Waals surface area contributed by atoms with Gasteiger partial charge in [0.25, 0.3) is 0 Å². The Morgan fingerprint density at radius 1 is 1.00 bits per heavy atom. The molecule has 3 N–H and O–H groups in total. The molecule has 1 heterocycles. The highest BCUT2D eigenvalue weighted by molar-refractivity contribution is 5.92. The molecule has 0 aliphatic rings. The number of nitrogens with one attached hydrogen (secondary N) is 1. The van der Waals surface area contributed by atoms with E-state index in [0.29, 0.717) is 0 Å². The second kappa shape index (κ2) is 6.37. The first-order valence-electron chi connectivity index (χ1n) is 7.26. The normalized spacial score (nSPS) is 10.7. The quantitative estimate of drug-likeness (QED) is 0.744. The minimum Gasteiger partial charge on any atom is -0.355 e. The first-order valence-corrected chi connectivity index (χ1v) is 7.26. The van der Waals surface area contributed by atoms with Crippen molar-refractivity contribution in [3.05, 3.63) is 66.4 Å². The minimum atomic E-state index is 0.729. The van der Waals surface area contributed by atoms with Crippen LogP contribution < -0.4 is 11.1 Å². The van der Waals surface area contributed by atoms with E-state index in [1.807, 2.05) is 30.5 Å². The summed E-state index contributed by atoms with van der Waals surface area (Å²) in [6.07, 6.45) is 3.87. The lowest BCUT2D eigenvalue weighted by Crippen LogP contribution is -2.00. The summed E-state index contributed by atoms with van der Waals surface area (Å²) < 4.78 is 0. The second-order valence-corrected chi connectivity index (χ2v) is 5.09. The SMILES string of the molecule is NCCCc1cccc(Nc2ccnc3ccccc23)c1. The van der Waals surface area contributed by atoms with Gasteiger partial charge in [-0.15, -0.1) is 0 Å². The smallest absolute Gasteiger partial charge is 0.0722 e. The van der Waals surface area contributed by atoms with Crippen molar-refractivity contribution in [1.29, 1.82) is 0 Å². The fourth-order valence-electron chi connectivity index (χ4n) is 2.47. The monoisotopic (exact) mass is 277 g/mol. The summed E-state index contributed by atoms with van der Waals surface area (Å²) in [4.78, 5) is 4.39. The first kappa shape index (κ1) is 13.6. The van der Waals surface area contributed by atoms with Gasteiger partial charge >= 0.3 is 0 Å². The molecule has 0 bridgehead atoms. The molecule has 0 aliphatic carbocycles. The van der Waals surface area contributed by atoms with E-state index >= 15 is 0 Å². The molecule has 0 saturated carbocycles. The molecule has 3 nitrogen and oxygen atoms in total. The number of rotatable bonds is 5. The molecular formula is C18H19N3. The molecule has 0 atom stereocenters. The van der Waals surface area contributed by atoms with Crippen LogP contribution in [-0.2, 0) is 6.42 Å².